The average molecular weight is 538 g/mol. The number of carbonyl (C=O) groups excluding carboxylic acids is 2. The van der Waals surface area contributed by atoms with Crippen molar-refractivity contribution in [3.05, 3.63) is 59.7 Å². The molecular formula is C31H43N3O5. The number of hydrogen-bond acceptors (Lipinski definition) is 6. The van der Waals surface area contributed by atoms with Gasteiger partial charge in [-0.1, -0.05) is 36.2 Å². The number of carbonyl (C=O) groups is 2. The Labute approximate surface area is 232 Å². The van der Waals surface area contributed by atoms with Gasteiger partial charge in [0.2, 0.25) is 11.8 Å². The fourth-order valence-electron chi connectivity index (χ4n) is 5.30. The van der Waals surface area contributed by atoms with Gasteiger partial charge in [-0.15, -0.1) is 0 Å². The fraction of sp³-hybridized carbons (Fsp3) is 0.548. The summed E-state index contributed by atoms with van der Waals surface area (Å²) in [6, 6.07) is 15.8. The molecule has 4 rings (SSSR count). The van der Waals surface area contributed by atoms with Crippen molar-refractivity contribution < 1.29 is 24.2 Å². The van der Waals surface area contributed by atoms with Crippen LogP contribution < -0.4 is 9.47 Å². The number of amides is 2. The molecule has 1 atom stereocenters. The molecule has 0 saturated carbocycles. The lowest BCUT2D eigenvalue weighted by atomic mass is 10.0. The van der Waals surface area contributed by atoms with Crippen molar-refractivity contribution in [3.8, 4) is 11.5 Å². The van der Waals surface area contributed by atoms with E-state index in [1.54, 1.807) is 11.8 Å². The summed E-state index contributed by atoms with van der Waals surface area (Å²) in [6.07, 6.45) is 4.68. The van der Waals surface area contributed by atoms with E-state index >= 15 is 0 Å². The van der Waals surface area contributed by atoms with E-state index in [0.717, 1.165) is 55.6 Å². The van der Waals surface area contributed by atoms with Crippen LogP contribution in [0, 0.1) is 6.92 Å². The first-order valence-corrected chi connectivity index (χ1v) is 14.2. The van der Waals surface area contributed by atoms with Gasteiger partial charge in [0.15, 0.2) is 0 Å². The third kappa shape index (κ3) is 8.97. The molecule has 0 aromatic heterocycles. The van der Waals surface area contributed by atoms with Gasteiger partial charge in [-0.05, 0) is 56.0 Å². The van der Waals surface area contributed by atoms with Crippen LogP contribution in [0.2, 0.25) is 0 Å². The molecule has 2 saturated heterocycles. The van der Waals surface area contributed by atoms with E-state index < -0.39 is 5.60 Å². The van der Waals surface area contributed by atoms with E-state index in [1.807, 2.05) is 54.3 Å². The lowest BCUT2D eigenvalue weighted by Crippen LogP contribution is -2.51. The standard InChI is InChI=1S/C31H43N3O5/c1-25-11-13-28(14-12-25)39-24-31(37)22-32(17-18-34(23-31)26(2)35)21-27-8-6-9-29(20-27)38-19-7-16-33-15-5-3-4-10-30(33)36/h6,8-9,11-14,20,37H,3-5,7,10,15-19,21-24H2,1-2H3/t31-/m1/s1. The largest absolute Gasteiger partial charge is 0.494 e. The Morgan fingerprint density at radius 1 is 0.974 bits per heavy atom. The predicted molar refractivity (Wildman–Crippen MR) is 151 cm³/mol. The van der Waals surface area contributed by atoms with Crippen LogP contribution in [-0.4, -0.2) is 89.7 Å². The molecule has 1 N–H and O–H groups in total. The fourth-order valence-corrected chi connectivity index (χ4v) is 5.30. The Hall–Kier alpha value is -3.10. The molecule has 2 heterocycles. The van der Waals surface area contributed by atoms with Crippen molar-refractivity contribution in [2.75, 3.05) is 52.5 Å². The van der Waals surface area contributed by atoms with E-state index in [-0.39, 0.29) is 25.0 Å². The van der Waals surface area contributed by atoms with Crippen LogP contribution in [0.4, 0.5) is 0 Å². The number of likely N-dealkylation sites (tertiary alicyclic amines) is 1. The molecule has 2 aliphatic rings. The molecule has 0 radical (unpaired) electrons. The Morgan fingerprint density at radius 2 is 1.79 bits per heavy atom. The van der Waals surface area contributed by atoms with Crippen LogP contribution in [0.15, 0.2) is 48.5 Å². The van der Waals surface area contributed by atoms with Gasteiger partial charge in [-0.25, -0.2) is 0 Å². The van der Waals surface area contributed by atoms with E-state index in [2.05, 4.69) is 11.0 Å². The second-order valence-corrected chi connectivity index (χ2v) is 11.0. The van der Waals surface area contributed by atoms with Crippen molar-refractivity contribution in [3.63, 3.8) is 0 Å². The monoisotopic (exact) mass is 537 g/mol. The number of nitrogens with zero attached hydrogens (tertiary/aromatic N) is 3. The smallest absolute Gasteiger partial charge is 0.222 e. The molecule has 2 fully saturated rings. The maximum atomic E-state index is 12.2. The van der Waals surface area contributed by atoms with Crippen molar-refractivity contribution in [1.29, 1.82) is 0 Å². The minimum Gasteiger partial charge on any atom is -0.494 e. The number of β-amino-alcohol motifs (C(OH)–C–C–N with tert-alkyl or cyclic N) is 1. The minimum atomic E-state index is -1.20. The molecule has 0 aliphatic carbocycles. The van der Waals surface area contributed by atoms with E-state index in [0.29, 0.717) is 45.0 Å². The molecule has 2 aromatic rings. The van der Waals surface area contributed by atoms with Crippen LogP contribution in [0.25, 0.3) is 0 Å². The third-order valence-electron chi connectivity index (χ3n) is 7.48. The third-order valence-corrected chi connectivity index (χ3v) is 7.48. The zero-order valence-corrected chi connectivity index (χ0v) is 23.4. The second-order valence-electron chi connectivity index (χ2n) is 11.0. The summed E-state index contributed by atoms with van der Waals surface area (Å²) < 4.78 is 12.0. The first-order valence-electron chi connectivity index (χ1n) is 14.2. The van der Waals surface area contributed by atoms with Gasteiger partial charge in [0.05, 0.1) is 13.2 Å². The molecular weight excluding hydrogens is 494 g/mol. The molecule has 2 aliphatic heterocycles. The number of benzene rings is 2. The normalized spacial score (nSPS) is 20.8. The van der Waals surface area contributed by atoms with Gasteiger partial charge in [0.25, 0.3) is 0 Å². The zero-order valence-electron chi connectivity index (χ0n) is 23.4. The Morgan fingerprint density at radius 3 is 2.59 bits per heavy atom. The number of ether oxygens (including phenoxy) is 2. The van der Waals surface area contributed by atoms with Gasteiger partial charge in [0.1, 0.15) is 23.7 Å². The number of rotatable bonds is 10. The van der Waals surface area contributed by atoms with Crippen LogP contribution in [0.3, 0.4) is 0 Å². The highest BCUT2D eigenvalue weighted by molar-refractivity contribution is 5.76. The molecule has 2 aromatic carbocycles. The van der Waals surface area contributed by atoms with Crippen LogP contribution in [0.5, 0.6) is 11.5 Å². The Kier molecular flexibility index (Phi) is 10.2. The second kappa shape index (κ2) is 13.8. The molecule has 2 amide bonds. The summed E-state index contributed by atoms with van der Waals surface area (Å²) in [6.45, 7) is 8.25. The lowest BCUT2D eigenvalue weighted by molar-refractivity contribution is -0.132. The summed E-state index contributed by atoms with van der Waals surface area (Å²) in [5.74, 6) is 1.71. The lowest BCUT2D eigenvalue weighted by Gasteiger charge is -2.32. The summed E-state index contributed by atoms with van der Waals surface area (Å²) in [7, 11) is 0. The molecule has 39 heavy (non-hydrogen) atoms. The molecule has 8 heteroatoms. The SMILES string of the molecule is CC(=O)N1CCN(Cc2cccc(OCCCN3CCCCCC3=O)c2)C[C@](O)(COc2ccc(C)cc2)C1. The van der Waals surface area contributed by atoms with Gasteiger partial charge in [-0.3, -0.25) is 14.5 Å². The van der Waals surface area contributed by atoms with Crippen LogP contribution >= 0.6 is 0 Å². The van der Waals surface area contributed by atoms with Crippen molar-refractivity contribution in [2.45, 2.75) is 58.1 Å². The van der Waals surface area contributed by atoms with Crippen LogP contribution in [-0.2, 0) is 16.1 Å². The highest BCUT2D eigenvalue weighted by Crippen LogP contribution is 2.22. The average Bonchev–Trinajstić information content (AvgIpc) is 3.22. The Balaban J connectivity index is 1.32. The van der Waals surface area contributed by atoms with E-state index in [9.17, 15) is 14.7 Å². The van der Waals surface area contributed by atoms with Gasteiger partial charge in [-0.2, -0.15) is 0 Å². The molecule has 8 nitrogen and oxygen atoms in total. The first-order chi connectivity index (χ1) is 18.8. The van der Waals surface area contributed by atoms with E-state index in [4.69, 9.17) is 9.47 Å². The molecule has 212 valence electrons. The van der Waals surface area contributed by atoms with Crippen LogP contribution in [0.1, 0.15) is 50.2 Å². The summed E-state index contributed by atoms with van der Waals surface area (Å²) in [5, 5.41) is 11.6. The molecule has 0 unspecified atom stereocenters. The number of aliphatic hydroxyl groups is 1. The molecule has 0 spiro atoms. The highest BCUT2D eigenvalue weighted by atomic mass is 16.5. The highest BCUT2D eigenvalue weighted by Gasteiger charge is 2.37. The number of aryl methyl sites for hydroxylation is 1. The van der Waals surface area contributed by atoms with Gasteiger partial charge >= 0.3 is 0 Å². The topological polar surface area (TPSA) is 82.6 Å². The van der Waals surface area contributed by atoms with E-state index in [1.165, 1.54) is 0 Å². The maximum absolute atomic E-state index is 12.2. The predicted octanol–water partition coefficient (Wildman–Crippen LogP) is 3.64. The quantitative estimate of drug-likeness (QED) is 0.466. The van der Waals surface area contributed by atoms with Crippen molar-refractivity contribution in [2.24, 2.45) is 0 Å². The summed E-state index contributed by atoms with van der Waals surface area (Å²) in [5.41, 5.74) is 1.02. The summed E-state index contributed by atoms with van der Waals surface area (Å²) in [4.78, 5) is 30.3. The minimum absolute atomic E-state index is 0.0529. The van der Waals surface area contributed by atoms with Gasteiger partial charge < -0.3 is 24.4 Å². The summed E-state index contributed by atoms with van der Waals surface area (Å²) >= 11 is 0. The van der Waals surface area contributed by atoms with Gasteiger partial charge in [0, 0.05) is 52.6 Å². The van der Waals surface area contributed by atoms with Crippen molar-refractivity contribution in [1.82, 2.24) is 14.7 Å². The Bertz CT molecular complexity index is 1090. The zero-order chi connectivity index (χ0) is 27.7. The first kappa shape index (κ1) is 28.9. The van der Waals surface area contributed by atoms with Crippen molar-refractivity contribution >= 4 is 11.8 Å². The number of hydrogen-bond donors (Lipinski definition) is 1. The maximum Gasteiger partial charge on any atom is 0.222 e. The molecule has 0 bridgehead atoms.